The molecule has 0 fully saturated rings. The van der Waals surface area contributed by atoms with E-state index in [4.69, 9.17) is 0 Å². The van der Waals surface area contributed by atoms with Gasteiger partial charge in [-0.15, -0.1) is 0 Å². The lowest BCUT2D eigenvalue weighted by atomic mass is 10.1. The molecule has 0 heterocycles. The molecular formula is C23H32O6. The van der Waals surface area contributed by atoms with Gasteiger partial charge in [-0.25, -0.2) is 0 Å². The normalized spacial score (nSPS) is 9.31. The summed E-state index contributed by atoms with van der Waals surface area (Å²) in [5.41, 5.74) is 5.47. The molecule has 6 heteroatoms. The van der Waals surface area contributed by atoms with Gasteiger partial charge in [0.25, 0.3) is 0 Å². The van der Waals surface area contributed by atoms with Gasteiger partial charge in [-0.05, 0) is 49.9 Å². The van der Waals surface area contributed by atoms with E-state index in [9.17, 15) is 9.59 Å². The molecule has 2 aromatic carbocycles. The van der Waals surface area contributed by atoms with E-state index >= 15 is 0 Å². The Labute approximate surface area is 173 Å². The van der Waals surface area contributed by atoms with Crippen LogP contribution in [-0.4, -0.2) is 32.3 Å². The first-order valence-electron chi connectivity index (χ1n) is 9.20. The van der Waals surface area contributed by atoms with Crippen molar-refractivity contribution < 1.29 is 28.5 Å². The Morgan fingerprint density at radius 3 is 1.07 bits per heavy atom. The molecule has 0 atom stereocenters. The maximum atomic E-state index is 10.2. The Balaban J connectivity index is 0.000000423. The third kappa shape index (κ3) is 16.0. The summed E-state index contributed by atoms with van der Waals surface area (Å²) in [4.78, 5) is 20.4. The monoisotopic (exact) mass is 404 g/mol. The molecule has 0 saturated carbocycles. The van der Waals surface area contributed by atoms with Crippen molar-refractivity contribution in [1.82, 2.24) is 0 Å². The van der Waals surface area contributed by atoms with Crippen LogP contribution in [0, 0.1) is 27.7 Å². The van der Waals surface area contributed by atoms with Crippen LogP contribution in [0.15, 0.2) is 48.5 Å². The minimum Gasteiger partial charge on any atom is -0.439 e. The molecule has 2 rings (SSSR count). The molecule has 0 bridgehead atoms. The van der Waals surface area contributed by atoms with E-state index in [2.05, 4.69) is 95.2 Å². The molecule has 0 aromatic heterocycles. The van der Waals surface area contributed by atoms with Crippen LogP contribution in [-0.2, 0) is 28.5 Å². The van der Waals surface area contributed by atoms with E-state index in [1.54, 1.807) is 0 Å². The average Bonchev–Trinajstić information content (AvgIpc) is 2.66. The summed E-state index contributed by atoms with van der Waals surface area (Å²) >= 11 is 0. The third-order valence-corrected chi connectivity index (χ3v) is 3.71. The maximum Gasteiger partial charge on any atom is 0.304 e. The molecule has 0 aliphatic carbocycles. The third-order valence-electron chi connectivity index (χ3n) is 3.71. The van der Waals surface area contributed by atoms with Crippen LogP contribution in [0.1, 0.15) is 36.1 Å². The summed E-state index contributed by atoms with van der Waals surface area (Å²) in [5.74, 6) is -0.861. The van der Waals surface area contributed by atoms with Crippen LogP contribution in [0.2, 0.25) is 0 Å². The summed E-state index contributed by atoms with van der Waals surface area (Å²) in [6, 6.07) is 16.7. The molecule has 160 valence electrons. The minimum absolute atomic E-state index is 0.0967. The lowest BCUT2D eigenvalue weighted by Gasteiger charge is -2.05. The quantitative estimate of drug-likeness (QED) is 0.397. The smallest absolute Gasteiger partial charge is 0.304 e. The largest absolute Gasteiger partial charge is 0.439 e. The molecule has 0 N–H and O–H groups in total. The Kier molecular flexibility index (Phi) is 14.8. The number of benzene rings is 2. The number of esters is 2. The highest BCUT2D eigenvalue weighted by Crippen LogP contribution is 2.03. The SMILES string of the molecule is CC(=O)OCOCOCOC(C)=O.Cc1ccccc1C.Cc1ccccc1C. The molecule has 0 spiro atoms. The van der Waals surface area contributed by atoms with Gasteiger partial charge in [0.1, 0.15) is 0 Å². The zero-order chi connectivity index (χ0) is 22.1. The lowest BCUT2D eigenvalue weighted by Crippen LogP contribution is -2.10. The summed E-state index contributed by atoms with van der Waals surface area (Å²) in [6.45, 7) is 10.6. The highest BCUT2D eigenvalue weighted by atomic mass is 16.8. The van der Waals surface area contributed by atoms with E-state index in [1.807, 2.05) is 0 Å². The van der Waals surface area contributed by atoms with Gasteiger partial charge in [-0.1, -0.05) is 48.5 Å². The number of rotatable bonds is 6. The van der Waals surface area contributed by atoms with E-state index < -0.39 is 11.9 Å². The Morgan fingerprint density at radius 2 is 0.862 bits per heavy atom. The molecule has 6 nitrogen and oxygen atoms in total. The molecule has 0 radical (unpaired) electrons. The van der Waals surface area contributed by atoms with Gasteiger partial charge in [0, 0.05) is 13.8 Å². The second kappa shape index (κ2) is 16.3. The molecule has 0 saturated heterocycles. The van der Waals surface area contributed by atoms with Gasteiger partial charge in [0.2, 0.25) is 0 Å². The van der Waals surface area contributed by atoms with Gasteiger partial charge in [-0.2, -0.15) is 0 Å². The van der Waals surface area contributed by atoms with Crippen molar-refractivity contribution in [3.05, 3.63) is 70.8 Å². The summed E-state index contributed by atoms with van der Waals surface area (Å²) in [7, 11) is 0. The van der Waals surface area contributed by atoms with Gasteiger partial charge in [0.05, 0.1) is 0 Å². The minimum atomic E-state index is -0.431. The molecule has 0 aliphatic rings. The maximum absolute atomic E-state index is 10.2. The summed E-state index contributed by atoms with van der Waals surface area (Å²) in [6.07, 6.45) is 0. The van der Waals surface area contributed by atoms with Crippen molar-refractivity contribution in [3.63, 3.8) is 0 Å². The van der Waals surface area contributed by atoms with Crippen LogP contribution >= 0.6 is 0 Å². The van der Waals surface area contributed by atoms with Gasteiger partial charge in [-0.3, -0.25) is 9.59 Å². The summed E-state index contributed by atoms with van der Waals surface area (Å²) in [5, 5.41) is 0. The predicted octanol–water partition coefficient (Wildman–Crippen LogP) is 4.63. The molecule has 0 amide bonds. The predicted molar refractivity (Wildman–Crippen MR) is 112 cm³/mol. The van der Waals surface area contributed by atoms with E-state index in [1.165, 1.54) is 36.1 Å². The fourth-order valence-corrected chi connectivity index (χ4v) is 1.70. The Bertz CT molecular complexity index is 623. The van der Waals surface area contributed by atoms with Gasteiger partial charge >= 0.3 is 11.9 Å². The average molecular weight is 405 g/mol. The molecule has 0 aliphatic heterocycles. The van der Waals surface area contributed by atoms with Crippen molar-refractivity contribution in [3.8, 4) is 0 Å². The first kappa shape index (κ1) is 26.3. The number of hydrogen-bond donors (Lipinski definition) is 0. The zero-order valence-corrected chi connectivity index (χ0v) is 18.2. The van der Waals surface area contributed by atoms with Crippen LogP contribution in [0.4, 0.5) is 0 Å². The topological polar surface area (TPSA) is 71.1 Å². The number of ether oxygens (including phenoxy) is 4. The number of carbonyl (C=O) groups is 2. The highest BCUT2D eigenvalue weighted by Gasteiger charge is 1.94. The van der Waals surface area contributed by atoms with Crippen LogP contribution < -0.4 is 0 Å². The first-order chi connectivity index (χ1) is 13.7. The number of aryl methyl sites for hydroxylation is 4. The van der Waals surface area contributed by atoms with Crippen molar-refractivity contribution in [2.75, 3.05) is 20.4 Å². The van der Waals surface area contributed by atoms with Gasteiger partial charge < -0.3 is 18.9 Å². The second-order valence-corrected chi connectivity index (χ2v) is 6.20. The Hall–Kier alpha value is -2.70. The van der Waals surface area contributed by atoms with E-state index in [-0.39, 0.29) is 20.4 Å². The highest BCUT2D eigenvalue weighted by molar-refractivity contribution is 5.66. The van der Waals surface area contributed by atoms with E-state index in [0.717, 1.165) is 0 Å². The second-order valence-electron chi connectivity index (χ2n) is 6.20. The first-order valence-corrected chi connectivity index (χ1v) is 9.20. The number of carbonyl (C=O) groups excluding carboxylic acids is 2. The van der Waals surface area contributed by atoms with Crippen LogP contribution in [0.5, 0.6) is 0 Å². The fraction of sp³-hybridized carbons (Fsp3) is 0.391. The summed E-state index contributed by atoms with van der Waals surface area (Å²) < 4.78 is 18.2. The van der Waals surface area contributed by atoms with Crippen molar-refractivity contribution in [2.45, 2.75) is 41.5 Å². The van der Waals surface area contributed by atoms with E-state index in [0.29, 0.717) is 0 Å². The lowest BCUT2D eigenvalue weighted by molar-refractivity contribution is -0.184. The Morgan fingerprint density at radius 1 is 0.586 bits per heavy atom. The van der Waals surface area contributed by atoms with Crippen molar-refractivity contribution in [1.29, 1.82) is 0 Å². The molecule has 29 heavy (non-hydrogen) atoms. The molecule has 0 unspecified atom stereocenters. The fourth-order valence-electron chi connectivity index (χ4n) is 1.70. The zero-order valence-electron chi connectivity index (χ0n) is 18.2. The van der Waals surface area contributed by atoms with Crippen LogP contribution in [0.25, 0.3) is 0 Å². The molecule has 2 aromatic rings. The van der Waals surface area contributed by atoms with Crippen LogP contribution in [0.3, 0.4) is 0 Å². The van der Waals surface area contributed by atoms with Crippen molar-refractivity contribution in [2.24, 2.45) is 0 Å². The van der Waals surface area contributed by atoms with Gasteiger partial charge in [0.15, 0.2) is 20.4 Å². The number of hydrogen-bond acceptors (Lipinski definition) is 6. The standard InChI is InChI=1S/2C8H10.C7H12O6/c2*1-7-5-3-4-6-8(7)2;1-6(8)12-4-10-3-11-5-13-7(2)9/h2*3-6H,1-2H3;3-5H2,1-2H3. The molecular weight excluding hydrogens is 372 g/mol. The van der Waals surface area contributed by atoms with Crippen molar-refractivity contribution >= 4 is 11.9 Å².